The van der Waals surface area contributed by atoms with E-state index in [4.69, 9.17) is 28.9 Å². The Morgan fingerprint density at radius 3 is 2.27 bits per heavy atom. The standard InChI is InChI=1S/C21H25Cl2N3O3S/c22-17-13-16(14-18(23)20(17)24)30(28,29)25-19(10-9-15-7-3-1-4-8-15)21(27)26-11-5-2-6-12-26/h1,3-4,7-8,13-14,19,25H,2,5-6,9-12,24H2/t19-/m1/s1. The van der Waals surface area contributed by atoms with Gasteiger partial charge in [0.2, 0.25) is 15.9 Å². The van der Waals surface area contributed by atoms with E-state index in [0.717, 1.165) is 24.8 Å². The van der Waals surface area contributed by atoms with Gasteiger partial charge in [-0.2, -0.15) is 4.72 Å². The second kappa shape index (κ2) is 10.0. The summed E-state index contributed by atoms with van der Waals surface area (Å²) >= 11 is 12.0. The Morgan fingerprint density at radius 2 is 1.67 bits per heavy atom. The van der Waals surface area contributed by atoms with Crippen molar-refractivity contribution in [1.29, 1.82) is 0 Å². The largest absolute Gasteiger partial charge is 0.396 e. The Morgan fingerprint density at radius 1 is 1.07 bits per heavy atom. The smallest absolute Gasteiger partial charge is 0.241 e. The first-order valence-electron chi connectivity index (χ1n) is 9.87. The lowest BCUT2D eigenvalue weighted by molar-refractivity contribution is -0.134. The zero-order valence-corrected chi connectivity index (χ0v) is 18.8. The molecule has 2 aromatic rings. The van der Waals surface area contributed by atoms with Crippen LogP contribution in [0.15, 0.2) is 47.4 Å². The van der Waals surface area contributed by atoms with Crippen molar-refractivity contribution in [3.63, 3.8) is 0 Å². The molecule has 0 unspecified atom stereocenters. The number of benzene rings is 2. The van der Waals surface area contributed by atoms with Crippen molar-refractivity contribution in [1.82, 2.24) is 9.62 Å². The lowest BCUT2D eigenvalue weighted by Crippen LogP contribution is -2.50. The average Bonchev–Trinajstić information content (AvgIpc) is 2.75. The fourth-order valence-electron chi connectivity index (χ4n) is 3.49. The molecule has 3 rings (SSSR count). The number of carbonyl (C=O) groups excluding carboxylic acids is 1. The van der Waals surface area contributed by atoms with E-state index in [0.29, 0.717) is 25.9 Å². The number of hydrogen-bond acceptors (Lipinski definition) is 4. The summed E-state index contributed by atoms with van der Waals surface area (Å²) in [6.07, 6.45) is 3.83. The number of nitrogen functional groups attached to an aromatic ring is 1. The predicted molar refractivity (Wildman–Crippen MR) is 120 cm³/mol. The molecular formula is C21H25Cl2N3O3S. The van der Waals surface area contributed by atoms with E-state index in [1.807, 2.05) is 30.3 Å². The second-order valence-electron chi connectivity index (χ2n) is 7.38. The minimum absolute atomic E-state index is 0.0473. The number of rotatable bonds is 7. The summed E-state index contributed by atoms with van der Waals surface area (Å²) in [7, 11) is -4.03. The fraction of sp³-hybridized carbons (Fsp3) is 0.381. The summed E-state index contributed by atoms with van der Waals surface area (Å²) in [6, 6.07) is 11.3. The third kappa shape index (κ3) is 5.66. The molecule has 0 aromatic heterocycles. The summed E-state index contributed by atoms with van der Waals surface area (Å²) < 4.78 is 28.6. The summed E-state index contributed by atoms with van der Waals surface area (Å²) in [6.45, 7) is 1.28. The Bertz CT molecular complexity index is 971. The summed E-state index contributed by atoms with van der Waals surface area (Å²) in [5, 5.41) is 0.0946. The molecule has 3 N–H and O–H groups in total. The van der Waals surface area contributed by atoms with Crippen LogP contribution < -0.4 is 10.5 Å². The maximum Gasteiger partial charge on any atom is 0.241 e. The number of nitrogens with two attached hydrogens (primary N) is 1. The maximum atomic E-state index is 13.1. The van der Waals surface area contributed by atoms with E-state index in [1.54, 1.807) is 4.90 Å². The van der Waals surface area contributed by atoms with Crippen LogP contribution in [0.3, 0.4) is 0 Å². The normalized spacial score (nSPS) is 15.7. The van der Waals surface area contributed by atoms with Gasteiger partial charge >= 0.3 is 0 Å². The molecule has 0 saturated carbocycles. The van der Waals surface area contributed by atoms with Crippen LogP contribution in [0, 0.1) is 0 Å². The molecule has 1 heterocycles. The Labute approximate surface area is 187 Å². The minimum atomic E-state index is -4.03. The van der Waals surface area contributed by atoms with Crippen molar-refractivity contribution < 1.29 is 13.2 Å². The van der Waals surface area contributed by atoms with Gasteiger partial charge in [0.25, 0.3) is 0 Å². The summed E-state index contributed by atoms with van der Waals surface area (Å²) in [5.41, 5.74) is 6.86. The molecular weight excluding hydrogens is 445 g/mol. The lowest BCUT2D eigenvalue weighted by atomic mass is 10.0. The highest BCUT2D eigenvalue weighted by atomic mass is 35.5. The van der Waals surface area contributed by atoms with Crippen LogP contribution in [0.2, 0.25) is 10.0 Å². The Balaban J connectivity index is 1.83. The number of sulfonamides is 1. The monoisotopic (exact) mass is 469 g/mol. The van der Waals surface area contributed by atoms with Gasteiger partial charge in [-0.05, 0) is 49.8 Å². The second-order valence-corrected chi connectivity index (χ2v) is 9.91. The van der Waals surface area contributed by atoms with Crippen LogP contribution in [0.5, 0.6) is 0 Å². The molecule has 2 aromatic carbocycles. The quantitative estimate of drug-likeness (QED) is 0.601. The number of nitrogens with one attached hydrogen (secondary N) is 1. The highest BCUT2D eigenvalue weighted by Crippen LogP contribution is 2.31. The molecule has 1 amide bonds. The van der Waals surface area contributed by atoms with Crippen LogP contribution in [0.25, 0.3) is 0 Å². The molecule has 0 radical (unpaired) electrons. The van der Waals surface area contributed by atoms with Crippen molar-refractivity contribution in [3.8, 4) is 0 Å². The van der Waals surface area contributed by atoms with Gasteiger partial charge in [-0.15, -0.1) is 0 Å². The maximum absolute atomic E-state index is 13.1. The predicted octanol–water partition coefficient (Wildman–Crippen LogP) is 3.87. The highest BCUT2D eigenvalue weighted by Gasteiger charge is 2.30. The molecule has 1 atom stereocenters. The van der Waals surface area contributed by atoms with Gasteiger partial charge in [-0.1, -0.05) is 53.5 Å². The molecule has 6 nitrogen and oxygen atoms in total. The molecule has 0 aliphatic carbocycles. The van der Waals surface area contributed by atoms with Crippen LogP contribution in [0.4, 0.5) is 5.69 Å². The van der Waals surface area contributed by atoms with Gasteiger partial charge in [0.1, 0.15) is 6.04 Å². The van der Waals surface area contributed by atoms with E-state index in [9.17, 15) is 13.2 Å². The zero-order chi connectivity index (χ0) is 21.7. The first kappa shape index (κ1) is 22.9. The Kier molecular flexibility index (Phi) is 7.63. The van der Waals surface area contributed by atoms with Crippen LogP contribution in [-0.2, 0) is 21.2 Å². The molecule has 1 aliphatic rings. The number of carbonyl (C=O) groups is 1. The van der Waals surface area contributed by atoms with E-state index in [1.165, 1.54) is 12.1 Å². The van der Waals surface area contributed by atoms with Gasteiger partial charge in [0.15, 0.2) is 0 Å². The van der Waals surface area contributed by atoms with Gasteiger partial charge in [-0.25, -0.2) is 8.42 Å². The van der Waals surface area contributed by atoms with Crippen molar-refractivity contribution in [2.75, 3.05) is 18.8 Å². The van der Waals surface area contributed by atoms with Crippen molar-refractivity contribution >= 4 is 44.8 Å². The number of halogens is 2. The minimum Gasteiger partial charge on any atom is -0.396 e. The molecule has 30 heavy (non-hydrogen) atoms. The Hall–Kier alpha value is -1.80. The molecule has 0 bridgehead atoms. The molecule has 0 spiro atoms. The van der Waals surface area contributed by atoms with Crippen molar-refractivity contribution in [3.05, 3.63) is 58.1 Å². The number of anilines is 1. The van der Waals surface area contributed by atoms with E-state index in [-0.39, 0.29) is 26.5 Å². The van der Waals surface area contributed by atoms with Crippen LogP contribution in [0.1, 0.15) is 31.2 Å². The summed E-state index contributed by atoms with van der Waals surface area (Å²) in [5.74, 6) is -0.207. The molecule has 162 valence electrons. The third-order valence-electron chi connectivity index (χ3n) is 5.19. The van der Waals surface area contributed by atoms with E-state index in [2.05, 4.69) is 4.72 Å². The van der Waals surface area contributed by atoms with Crippen LogP contribution in [-0.4, -0.2) is 38.4 Å². The van der Waals surface area contributed by atoms with Gasteiger partial charge in [-0.3, -0.25) is 4.79 Å². The van der Waals surface area contributed by atoms with Crippen molar-refractivity contribution in [2.45, 2.75) is 43.0 Å². The van der Waals surface area contributed by atoms with E-state index >= 15 is 0 Å². The van der Waals surface area contributed by atoms with Gasteiger partial charge in [0, 0.05) is 13.1 Å². The summed E-state index contributed by atoms with van der Waals surface area (Å²) in [4.78, 5) is 14.8. The number of hydrogen-bond donors (Lipinski definition) is 2. The van der Waals surface area contributed by atoms with Crippen LogP contribution >= 0.6 is 23.2 Å². The number of nitrogens with zero attached hydrogens (tertiary/aromatic N) is 1. The number of aryl methyl sites for hydroxylation is 1. The number of amides is 1. The zero-order valence-electron chi connectivity index (χ0n) is 16.5. The highest BCUT2D eigenvalue weighted by molar-refractivity contribution is 7.89. The number of likely N-dealkylation sites (tertiary alicyclic amines) is 1. The van der Waals surface area contributed by atoms with Gasteiger partial charge in [0.05, 0.1) is 20.6 Å². The van der Waals surface area contributed by atoms with Gasteiger partial charge < -0.3 is 10.6 Å². The fourth-order valence-corrected chi connectivity index (χ4v) is 5.39. The SMILES string of the molecule is Nc1c(Cl)cc(S(=O)(=O)N[C@H](CCc2ccccc2)C(=O)N2CCCCC2)cc1Cl. The van der Waals surface area contributed by atoms with Crippen molar-refractivity contribution in [2.24, 2.45) is 0 Å². The average molecular weight is 470 g/mol. The third-order valence-corrected chi connectivity index (χ3v) is 7.27. The molecule has 1 aliphatic heterocycles. The number of piperidine rings is 1. The topological polar surface area (TPSA) is 92.5 Å². The van der Waals surface area contributed by atoms with E-state index < -0.39 is 16.1 Å². The first-order valence-corrected chi connectivity index (χ1v) is 12.1. The first-order chi connectivity index (χ1) is 14.3. The molecule has 1 fully saturated rings. The molecule has 1 saturated heterocycles. The molecule has 9 heteroatoms. The lowest BCUT2D eigenvalue weighted by Gasteiger charge is -2.30.